The zero-order valence-electron chi connectivity index (χ0n) is 8.34. The van der Waals surface area contributed by atoms with Crippen LogP contribution >= 0.6 is 23.4 Å². The quantitative estimate of drug-likeness (QED) is 0.582. The Hall–Kier alpha value is -0.610. The molecule has 6 heteroatoms. The van der Waals surface area contributed by atoms with Crippen LogP contribution in [0.15, 0.2) is 17.0 Å². The molecule has 1 aliphatic heterocycles. The minimum absolute atomic E-state index is 0.283. The first kappa shape index (κ1) is 10.9. The van der Waals surface area contributed by atoms with E-state index in [4.69, 9.17) is 23.4 Å². The van der Waals surface area contributed by atoms with Gasteiger partial charge in [0.1, 0.15) is 5.82 Å². The highest BCUT2D eigenvalue weighted by atomic mass is 35.5. The van der Waals surface area contributed by atoms with E-state index in [1.807, 2.05) is 0 Å². The molecule has 1 heterocycles. The van der Waals surface area contributed by atoms with Crippen molar-refractivity contribution in [3.8, 4) is 0 Å². The van der Waals surface area contributed by atoms with Crippen molar-refractivity contribution in [2.75, 3.05) is 0 Å². The van der Waals surface area contributed by atoms with Gasteiger partial charge in [-0.05, 0) is 24.4 Å². The summed E-state index contributed by atoms with van der Waals surface area (Å²) in [4.78, 5) is 4.12. The Morgan fingerprint density at radius 3 is 2.80 bits per heavy atom. The minimum atomic E-state index is 0.283. The van der Waals surface area contributed by atoms with E-state index in [1.165, 1.54) is 36.6 Å². The van der Waals surface area contributed by atoms with Crippen LogP contribution in [0.5, 0.6) is 0 Å². The predicted molar refractivity (Wildman–Crippen MR) is 62.2 cm³/mol. The normalized spacial score (nSPS) is 22.9. The van der Waals surface area contributed by atoms with Gasteiger partial charge < -0.3 is 5.32 Å². The smallest absolute Gasteiger partial charge is 0.218 e. The largest absolute Gasteiger partial charge is 0.366 e. The van der Waals surface area contributed by atoms with Gasteiger partial charge in [0.15, 0.2) is 0 Å². The first-order chi connectivity index (χ1) is 7.24. The molecule has 0 bridgehead atoms. The number of halogens is 2. The molecule has 0 aromatic rings. The Bertz CT molecular complexity index is 284. The zero-order valence-corrected chi connectivity index (χ0v) is 9.85. The summed E-state index contributed by atoms with van der Waals surface area (Å²) in [6, 6.07) is 0.501. The fraction of sp³-hybridized carbons (Fsp3) is 0.667. The van der Waals surface area contributed by atoms with Crippen LogP contribution in [0.4, 0.5) is 0 Å². The van der Waals surface area contributed by atoms with Gasteiger partial charge >= 0.3 is 0 Å². The van der Waals surface area contributed by atoms with Gasteiger partial charge in [-0.25, -0.2) is 0 Å². The highest BCUT2D eigenvalue weighted by molar-refractivity contribution is 6.65. The lowest BCUT2D eigenvalue weighted by molar-refractivity contribution is 0.390. The lowest BCUT2D eigenvalue weighted by atomic mass is 9.96. The molecule has 1 fully saturated rings. The lowest BCUT2D eigenvalue weighted by Crippen LogP contribution is -2.37. The molecule has 0 atom stereocenters. The Morgan fingerprint density at radius 2 is 2.13 bits per heavy atom. The summed E-state index contributed by atoms with van der Waals surface area (Å²) in [6.45, 7) is 0. The van der Waals surface area contributed by atoms with Crippen LogP contribution < -0.4 is 10.7 Å². The molecule has 0 radical (unpaired) electrons. The van der Waals surface area contributed by atoms with Crippen molar-refractivity contribution >= 4 is 28.7 Å². The van der Waals surface area contributed by atoms with Crippen molar-refractivity contribution in [1.29, 1.82) is 0 Å². The number of amidine groups is 1. The van der Waals surface area contributed by atoms with Gasteiger partial charge in [0.05, 0.1) is 6.20 Å². The van der Waals surface area contributed by atoms with Crippen LogP contribution in [0, 0.1) is 0 Å². The number of nitrogens with zero attached hydrogens (tertiary/aromatic N) is 2. The molecule has 2 N–H and O–H groups in total. The number of rotatable bonds is 2. The number of hydrogen-bond acceptors (Lipinski definition) is 4. The zero-order chi connectivity index (χ0) is 10.7. The molecule has 0 unspecified atom stereocenters. The average Bonchev–Trinajstić information content (AvgIpc) is 2.17. The second-order valence-corrected chi connectivity index (χ2v) is 4.54. The average molecular weight is 249 g/mol. The fourth-order valence-corrected chi connectivity index (χ4v) is 2.31. The number of hydrazine groups is 1. The van der Waals surface area contributed by atoms with Gasteiger partial charge in [0.25, 0.3) is 0 Å². The summed E-state index contributed by atoms with van der Waals surface area (Å²) < 4.78 is 1.28. The van der Waals surface area contributed by atoms with Crippen LogP contribution in [-0.4, -0.2) is 15.9 Å². The topological polar surface area (TPSA) is 39.7 Å². The molecule has 15 heavy (non-hydrogen) atoms. The number of hydrogen-bond donors (Lipinski definition) is 2. The third kappa shape index (κ3) is 3.18. The first-order valence-corrected chi connectivity index (χ1v) is 5.90. The number of nitrogens with one attached hydrogen (secondary N) is 2. The van der Waals surface area contributed by atoms with Crippen LogP contribution in [0.1, 0.15) is 32.1 Å². The van der Waals surface area contributed by atoms with Crippen LogP contribution in [0.3, 0.4) is 0 Å². The summed E-state index contributed by atoms with van der Waals surface area (Å²) >= 11 is 11.5. The second kappa shape index (κ2) is 4.94. The fourth-order valence-electron chi connectivity index (χ4n) is 1.91. The summed E-state index contributed by atoms with van der Waals surface area (Å²) in [5.74, 6) is 0.723. The third-order valence-corrected chi connectivity index (χ3v) is 2.96. The maximum Gasteiger partial charge on any atom is 0.218 e. The molecule has 0 aromatic carbocycles. The van der Waals surface area contributed by atoms with E-state index in [1.54, 1.807) is 6.20 Å². The molecular weight excluding hydrogens is 235 g/mol. The summed E-state index contributed by atoms with van der Waals surface area (Å²) in [7, 11) is 0. The van der Waals surface area contributed by atoms with Gasteiger partial charge in [-0.2, -0.15) is 9.52 Å². The van der Waals surface area contributed by atoms with E-state index in [-0.39, 0.29) is 5.29 Å². The van der Waals surface area contributed by atoms with Gasteiger partial charge in [-0.3, -0.25) is 5.43 Å². The summed E-state index contributed by atoms with van der Waals surface area (Å²) in [5.41, 5.74) is 2.64. The van der Waals surface area contributed by atoms with Crippen LogP contribution in [-0.2, 0) is 0 Å². The van der Waals surface area contributed by atoms with Crippen molar-refractivity contribution in [3.05, 3.63) is 12.0 Å². The van der Waals surface area contributed by atoms with E-state index in [0.29, 0.717) is 6.04 Å². The SMILES string of the molecule is ClC1=NC(NC2CCCCC2)=CN(Cl)N1. The van der Waals surface area contributed by atoms with Gasteiger partial charge in [0.2, 0.25) is 5.29 Å². The van der Waals surface area contributed by atoms with Crippen molar-refractivity contribution in [2.45, 2.75) is 38.1 Å². The molecule has 0 saturated heterocycles. The van der Waals surface area contributed by atoms with E-state index in [9.17, 15) is 0 Å². The molecule has 0 amide bonds. The van der Waals surface area contributed by atoms with Gasteiger partial charge in [-0.1, -0.05) is 19.3 Å². The molecule has 1 saturated carbocycles. The Kier molecular flexibility index (Phi) is 3.59. The standard InChI is InChI=1S/C9H14Cl2N4/c10-9-13-8(6-15(11)14-9)12-7-4-2-1-3-5-7/h6-7,12H,1-5H2,(H,13,14). The minimum Gasteiger partial charge on any atom is -0.366 e. The maximum absolute atomic E-state index is 5.76. The molecule has 1 aliphatic carbocycles. The molecule has 4 nitrogen and oxygen atoms in total. The Morgan fingerprint density at radius 1 is 1.40 bits per heavy atom. The summed E-state index contributed by atoms with van der Waals surface area (Å²) in [5, 5.41) is 3.62. The Balaban J connectivity index is 1.92. The molecule has 0 spiro atoms. The third-order valence-electron chi connectivity index (χ3n) is 2.61. The second-order valence-electron chi connectivity index (χ2n) is 3.82. The summed E-state index contributed by atoms with van der Waals surface area (Å²) in [6.07, 6.45) is 7.98. The molecule has 0 aromatic heterocycles. The molecule has 2 aliphatic rings. The Labute approximate surface area is 99.4 Å². The molecular formula is C9H14Cl2N4. The van der Waals surface area contributed by atoms with E-state index in [0.717, 1.165) is 5.82 Å². The van der Waals surface area contributed by atoms with Crippen molar-refractivity contribution in [2.24, 2.45) is 4.99 Å². The van der Waals surface area contributed by atoms with E-state index < -0.39 is 0 Å². The van der Waals surface area contributed by atoms with Crippen molar-refractivity contribution in [1.82, 2.24) is 15.3 Å². The van der Waals surface area contributed by atoms with Gasteiger partial charge in [-0.15, -0.1) is 0 Å². The first-order valence-electron chi connectivity index (χ1n) is 5.18. The highest BCUT2D eigenvalue weighted by Gasteiger charge is 2.16. The van der Waals surface area contributed by atoms with Gasteiger partial charge in [0, 0.05) is 17.8 Å². The van der Waals surface area contributed by atoms with Crippen LogP contribution in [0.2, 0.25) is 0 Å². The highest BCUT2D eigenvalue weighted by Crippen LogP contribution is 2.19. The number of aliphatic imine (C=N–C) groups is 1. The van der Waals surface area contributed by atoms with Crippen LogP contribution in [0.25, 0.3) is 0 Å². The van der Waals surface area contributed by atoms with Crippen molar-refractivity contribution in [3.63, 3.8) is 0 Å². The maximum atomic E-state index is 5.76. The monoisotopic (exact) mass is 248 g/mol. The molecule has 2 rings (SSSR count). The lowest BCUT2D eigenvalue weighted by Gasteiger charge is -2.26. The van der Waals surface area contributed by atoms with E-state index >= 15 is 0 Å². The van der Waals surface area contributed by atoms with Crippen molar-refractivity contribution < 1.29 is 0 Å². The van der Waals surface area contributed by atoms with E-state index in [2.05, 4.69) is 15.7 Å². The molecule has 84 valence electrons. The predicted octanol–water partition coefficient (Wildman–Crippen LogP) is 2.28.